The second-order valence-electron chi connectivity index (χ2n) is 6.31. The number of amides is 1. The Kier molecular flexibility index (Phi) is 6.50. The lowest BCUT2D eigenvalue weighted by atomic mass is 9.81. The Balaban J connectivity index is 1.76. The van der Waals surface area contributed by atoms with Gasteiger partial charge in [-0.1, -0.05) is 0 Å². The Labute approximate surface area is 136 Å². The number of hydrogen-bond acceptors (Lipinski definition) is 4. The zero-order chi connectivity index (χ0) is 16.7. The Hall–Kier alpha value is -1.50. The van der Waals surface area contributed by atoms with Crippen LogP contribution in [0.5, 0.6) is 0 Å². The van der Waals surface area contributed by atoms with Crippen LogP contribution >= 0.6 is 0 Å². The van der Waals surface area contributed by atoms with Crippen LogP contribution < -0.4 is 10.6 Å². The quantitative estimate of drug-likeness (QED) is 0.717. The summed E-state index contributed by atoms with van der Waals surface area (Å²) in [6.07, 6.45) is 1.96. The Bertz CT molecular complexity index is 501. The minimum atomic E-state index is -0.330. The van der Waals surface area contributed by atoms with Gasteiger partial charge in [0.2, 0.25) is 5.91 Å². The van der Waals surface area contributed by atoms with Crippen LogP contribution in [0.2, 0.25) is 0 Å². The lowest BCUT2D eigenvalue weighted by Crippen LogP contribution is -2.45. The zero-order valence-corrected chi connectivity index (χ0v) is 13.5. The molecule has 1 aliphatic heterocycles. The van der Waals surface area contributed by atoms with Gasteiger partial charge in [-0.25, -0.2) is 4.39 Å². The van der Waals surface area contributed by atoms with Crippen LogP contribution in [0.25, 0.3) is 0 Å². The van der Waals surface area contributed by atoms with Crippen LogP contribution in [0.1, 0.15) is 26.2 Å². The number of rotatable bonds is 7. The first kappa shape index (κ1) is 17.8. The number of aliphatic hydroxyl groups is 1. The largest absolute Gasteiger partial charge is 0.396 e. The molecule has 23 heavy (non-hydrogen) atoms. The van der Waals surface area contributed by atoms with Gasteiger partial charge in [-0.05, 0) is 44.0 Å². The number of anilines is 1. The monoisotopic (exact) mass is 324 g/mol. The van der Waals surface area contributed by atoms with Crippen molar-refractivity contribution in [1.82, 2.24) is 5.32 Å². The highest BCUT2D eigenvalue weighted by Crippen LogP contribution is 2.29. The maximum absolute atomic E-state index is 12.8. The van der Waals surface area contributed by atoms with E-state index in [1.807, 2.05) is 6.92 Å². The predicted octanol–water partition coefficient (Wildman–Crippen LogP) is 1.92. The van der Waals surface area contributed by atoms with Gasteiger partial charge in [0.25, 0.3) is 0 Å². The van der Waals surface area contributed by atoms with Gasteiger partial charge in [-0.15, -0.1) is 0 Å². The average Bonchev–Trinajstić information content (AvgIpc) is 2.56. The van der Waals surface area contributed by atoms with Crippen molar-refractivity contribution in [1.29, 1.82) is 0 Å². The lowest BCUT2D eigenvalue weighted by molar-refractivity contribution is -0.116. The van der Waals surface area contributed by atoms with E-state index in [0.29, 0.717) is 31.9 Å². The molecule has 1 amide bonds. The summed E-state index contributed by atoms with van der Waals surface area (Å²) in [5, 5.41) is 15.7. The van der Waals surface area contributed by atoms with Crippen molar-refractivity contribution in [3.8, 4) is 0 Å². The number of nitrogens with one attached hydrogen (secondary N) is 2. The normalized spacial score (nSPS) is 18.4. The number of aliphatic hydroxyl groups excluding tert-OH is 1. The van der Waals surface area contributed by atoms with Crippen LogP contribution in [-0.2, 0) is 9.53 Å². The Morgan fingerprint density at radius 3 is 2.61 bits per heavy atom. The van der Waals surface area contributed by atoms with Crippen molar-refractivity contribution in [3.05, 3.63) is 30.1 Å². The van der Waals surface area contributed by atoms with E-state index < -0.39 is 0 Å². The maximum atomic E-state index is 12.8. The van der Waals surface area contributed by atoms with E-state index >= 15 is 0 Å². The molecule has 0 aromatic heterocycles. The van der Waals surface area contributed by atoms with Crippen molar-refractivity contribution in [2.75, 3.05) is 31.7 Å². The number of carbonyl (C=O) groups is 1. The summed E-state index contributed by atoms with van der Waals surface area (Å²) >= 11 is 0. The topological polar surface area (TPSA) is 70.6 Å². The van der Waals surface area contributed by atoms with Gasteiger partial charge in [-0.3, -0.25) is 4.79 Å². The summed E-state index contributed by atoms with van der Waals surface area (Å²) in [6, 6.07) is 5.69. The van der Waals surface area contributed by atoms with Crippen LogP contribution in [0, 0.1) is 11.2 Å². The van der Waals surface area contributed by atoms with Gasteiger partial charge in [0.05, 0.1) is 6.61 Å². The molecule has 1 aromatic carbocycles. The molecule has 128 valence electrons. The van der Waals surface area contributed by atoms with Crippen LogP contribution in [-0.4, -0.2) is 43.4 Å². The number of ether oxygens (including phenoxy) is 1. The van der Waals surface area contributed by atoms with Gasteiger partial charge in [0.15, 0.2) is 0 Å². The second-order valence-corrected chi connectivity index (χ2v) is 6.31. The molecule has 0 saturated carbocycles. The molecule has 6 heteroatoms. The third-order valence-corrected chi connectivity index (χ3v) is 4.33. The van der Waals surface area contributed by atoms with Crippen molar-refractivity contribution in [2.24, 2.45) is 5.41 Å². The second kappa shape index (κ2) is 8.38. The minimum Gasteiger partial charge on any atom is -0.396 e. The third-order valence-electron chi connectivity index (χ3n) is 4.33. The molecule has 3 N–H and O–H groups in total. The highest BCUT2D eigenvalue weighted by Gasteiger charge is 2.32. The van der Waals surface area contributed by atoms with Crippen LogP contribution in [0.3, 0.4) is 0 Å². The van der Waals surface area contributed by atoms with Gasteiger partial charge in [-0.2, -0.15) is 0 Å². The Morgan fingerprint density at radius 2 is 2.00 bits per heavy atom. The van der Waals surface area contributed by atoms with Crippen molar-refractivity contribution in [3.63, 3.8) is 0 Å². The van der Waals surface area contributed by atoms with Crippen LogP contribution in [0.15, 0.2) is 24.3 Å². The summed E-state index contributed by atoms with van der Waals surface area (Å²) in [4.78, 5) is 12.0. The zero-order valence-electron chi connectivity index (χ0n) is 13.5. The first-order chi connectivity index (χ1) is 11.0. The molecule has 1 aromatic rings. The van der Waals surface area contributed by atoms with Crippen molar-refractivity contribution >= 4 is 11.6 Å². The summed E-state index contributed by atoms with van der Waals surface area (Å²) in [5.74, 6) is -0.453. The summed E-state index contributed by atoms with van der Waals surface area (Å²) in [7, 11) is 0. The fourth-order valence-electron chi connectivity index (χ4n) is 2.68. The smallest absolute Gasteiger partial charge is 0.225 e. The lowest BCUT2D eigenvalue weighted by Gasteiger charge is -2.36. The SMILES string of the molecule is CC(CC(=O)Nc1ccc(F)cc1)NCC1(CO)CCOCC1. The Morgan fingerprint density at radius 1 is 1.35 bits per heavy atom. The molecule has 1 fully saturated rings. The highest BCUT2D eigenvalue weighted by molar-refractivity contribution is 5.91. The van der Waals surface area contributed by atoms with Crippen molar-refractivity contribution < 1.29 is 19.0 Å². The minimum absolute atomic E-state index is 0.0123. The molecule has 2 rings (SSSR count). The number of carbonyl (C=O) groups excluding carboxylic acids is 1. The van der Waals surface area contributed by atoms with Gasteiger partial charge < -0.3 is 20.5 Å². The van der Waals surface area contributed by atoms with E-state index in [-0.39, 0.29) is 29.8 Å². The van der Waals surface area contributed by atoms with Gasteiger partial charge in [0.1, 0.15) is 5.82 Å². The standard InChI is InChI=1S/C17H25FN2O3/c1-13(19-11-17(12-21)6-8-23-9-7-17)10-16(22)20-15-4-2-14(18)3-5-15/h2-5,13,19,21H,6-12H2,1H3,(H,20,22). The summed E-state index contributed by atoms with van der Waals surface area (Å²) in [5.41, 5.74) is 0.430. The third kappa shape index (κ3) is 5.57. The molecule has 1 atom stereocenters. The number of hydrogen-bond donors (Lipinski definition) is 3. The van der Waals surface area contributed by atoms with E-state index in [1.165, 1.54) is 24.3 Å². The summed E-state index contributed by atoms with van der Waals surface area (Å²) in [6.45, 7) is 4.06. The average molecular weight is 324 g/mol. The fraction of sp³-hybridized carbons (Fsp3) is 0.588. The first-order valence-electron chi connectivity index (χ1n) is 8.00. The molecular weight excluding hydrogens is 299 g/mol. The van der Waals surface area contributed by atoms with E-state index in [0.717, 1.165) is 12.8 Å². The summed E-state index contributed by atoms with van der Waals surface area (Å²) < 4.78 is 18.2. The van der Waals surface area contributed by atoms with E-state index in [2.05, 4.69) is 10.6 Å². The maximum Gasteiger partial charge on any atom is 0.225 e. The molecule has 0 radical (unpaired) electrons. The molecule has 0 bridgehead atoms. The highest BCUT2D eigenvalue weighted by atomic mass is 19.1. The van der Waals surface area contributed by atoms with Gasteiger partial charge in [0, 0.05) is 43.3 Å². The molecular formula is C17H25FN2O3. The molecule has 0 spiro atoms. The number of halogens is 1. The van der Waals surface area contributed by atoms with E-state index in [9.17, 15) is 14.3 Å². The molecule has 1 aliphatic rings. The fourth-order valence-corrected chi connectivity index (χ4v) is 2.68. The molecule has 1 unspecified atom stereocenters. The van der Waals surface area contributed by atoms with Gasteiger partial charge >= 0.3 is 0 Å². The number of benzene rings is 1. The molecule has 1 heterocycles. The predicted molar refractivity (Wildman–Crippen MR) is 86.7 cm³/mol. The van der Waals surface area contributed by atoms with E-state index in [4.69, 9.17) is 4.74 Å². The van der Waals surface area contributed by atoms with E-state index in [1.54, 1.807) is 0 Å². The molecule has 0 aliphatic carbocycles. The first-order valence-corrected chi connectivity index (χ1v) is 8.00. The van der Waals surface area contributed by atoms with Crippen LogP contribution in [0.4, 0.5) is 10.1 Å². The molecule has 5 nitrogen and oxygen atoms in total. The molecule has 1 saturated heterocycles. The van der Waals surface area contributed by atoms with Crippen molar-refractivity contribution in [2.45, 2.75) is 32.2 Å².